The molecule has 0 aliphatic carbocycles. The molecule has 88 valence electrons. The predicted octanol–water partition coefficient (Wildman–Crippen LogP) is 4.13. The van der Waals surface area contributed by atoms with Crippen molar-refractivity contribution in [1.29, 1.82) is 0 Å². The maximum atomic E-state index is 13.2. The summed E-state index contributed by atoms with van der Waals surface area (Å²) >= 11 is 5.87. The van der Waals surface area contributed by atoms with Crippen LogP contribution in [0.5, 0.6) is 0 Å². The quantitative estimate of drug-likeness (QED) is 0.448. The van der Waals surface area contributed by atoms with E-state index in [9.17, 15) is 4.39 Å². The Morgan fingerprint density at radius 2 is 2.29 bits per heavy atom. The predicted molar refractivity (Wildman–Crippen MR) is 65.5 cm³/mol. The molecule has 17 heavy (non-hydrogen) atoms. The van der Waals surface area contributed by atoms with Crippen molar-refractivity contribution in [2.24, 2.45) is 5.11 Å². The van der Waals surface area contributed by atoms with E-state index in [1.165, 1.54) is 6.07 Å². The fourth-order valence-electron chi connectivity index (χ4n) is 1.78. The van der Waals surface area contributed by atoms with Crippen molar-refractivity contribution in [1.82, 2.24) is 4.57 Å². The minimum Gasteiger partial charge on any atom is -0.347 e. The Labute approximate surface area is 102 Å². The molecule has 0 radical (unpaired) electrons. The number of azide groups is 1. The highest BCUT2D eigenvalue weighted by Crippen LogP contribution is 2.27. The van der Waals surface area contributed by atoms with Crippen molar-refractivity contribution < 1.29 is 4.39 Å². The van der Waals surface area contributed by atoms with Gasteiger partial charge in [-0.1, -0.05) is 23.6 Å². The molecule has 0 aliphatic rings. The standard InChI is InChI=1S/C11H10ClFN4/c1-7(15-16-14)6-17-5-4-8-10(17)3-2-9(13)11(8)12/h2-5,7H,6H2,1H3. The summed E-state index contributed by atoms with van der Waals surface area (Å²) in [4.78, 5) is 2.75. The highest BCUT2D eigenvalue weighted by Gasteiger charge is 2.10. The second-order valence-corrected chi connectivity index (χ2v) is 4.19. The zero-order chi connectivity index (χ0) is 12.4. The average Bonchev–Trinajstić information content (AvgIpc) is 2.68. The van der Waals surface area contributed by atoms with Gasteiger partial charge in [0.15, 0.2) is 0 Å². The van der Waals surface area contributed by atoms with Gasteiger partial charge in [0.1, 0.15) is 5.82 Å². The van der Waals surface area contributed by atoms with Crippen molar-refractivity contribution in [2.45, 2.75) is 19.5 Å². The molecule has 0 aliphatic heterocycles. The number of benzene rings is 1. The molecule has 2 aromatic rings. The molecule has 0 saturated heterocycles. The Morgan fingerprint density at radius 1 is 1.53 bits per heavy atom. The first kappa shape index (κ1) is 11.8. The molecular weight excluding hydrogens is 243 g/mol. The van der Waals surface area contributed by atoms with Gasteiger partial charge in [-0.15, -0.1) is 0 Å². The van der Waals surface area contributed by atoms with Gasteiger partial charge < -0.3 is 4.57 Å². The third-order valence-electron chi connectivity index (χ3n) is 2.55. The van der Waals surface area contributed by atoms with E-state index >= 15 is 0 Å². The summed E-state index contributed by atoms with van der Waals surface area (Å²) in [6.07, 6.45) is 1.80. The zero-order valence-electron chi connectivity index (χ0n) is 9.14. The Hall–Kier alpha value is -1.71. The number of aromatic nitrogens is 1. The summed E-state index contributed by atoms with van der Waals surface area (Å²) in [6.45, 7) is 2.35. The van der Waals surface area contributed by atoms with Crippen molar-refractivity contribution in [3.8, 4) is 0 Å². The van der Waals surface area contributed by atoms with Crippen LogP contribution in [0.2, 0.25) is 5.02 Å². The Kier molecular flexibility index (Phi) is 3.22. The number of rotatable bonds is 3. The van der Waals surface area contributed by atoms with Gasteiger partial charge in [-0.3, -0.25) is 0 Å². The van der Waals surface area contributed by atoms with Gasteiger partial charge >= 0.3 is 0 Å². The topological polar surface area (TPSA) is 53.7 Å². The van der Waals surface area contributed by atoms with Crippen LogP contribution in [0.25, 0.3) is 21.3 Å². The molecule has 0 fully saturated rings. The van der Waals surface area contributed by atoms with Crippen LogP contribution >= 0.6 is 11.6 Å². The Morgan fingerprint density at radius 3 is 3.00 bits per heavy atom. The van der Waals surface area contributed by atoms with Crippen LogP contribution in [-0.4, -0.2) is 10.6 Å². The van der Waals surface area contributed by atoms with E-state index in [0.29, 0.717) is 11.9 Å². The summed E-state index contributed by atoms with van der Waals surface area (Å²) in [5, 5.41) is 4.39. The van der Waals surface area contributed by atoms with Crippen molar-refractivity contribution in [3.05, 3.63) is 45.7 Å². The summed E-state index contributed by atoms with van der Waals surface area (Å²) in [6, 6.07) is 4.59. The lowest BCUT2D eigenvalue weighted by Gasteiger charge is -2.08. The van der Waals surface area contributed by atoms with Crippen LogP contribution in [0, 0.1) is 5.82 Å². The molecule has 6 heteroatoms. The highest BCUT2D eigenvalue weighted by atomic mass is 35.5. The second kappa shape index (κ2) is 4.65. The molecule has 1 unspecified atom stereocenters. The van der Waals surface area contributed by atoms with Crippen LogP contribution in [0.1, 0.15) is 6.92 Å². The number of halogens is 2. The molecular formula is C11H10ClFN4. The van der Waals surface area contributed by atoms with E-state index in [2.05, 4.69) is 10.0 Å². The van der Waals surface area contributed by atoms with Crippen LogP contribution in [0.15, 0.2) is 29.5 Å². The number of hydrogen-bond acceptors (Lipinski definition) is 1. The first-order valence-corrected chi connectivity index (χ1v) is 5.48. The van der Waals surface area contributed by atoms with Crippen molar-refractivity contribution in [2.75, 3.05) is 0 Å². The maximum absolute atomic E-state index is 13.2. The Balaban J connectivity index is 2.43. The van der Waals surface area contributed by atoms with Gasteiger partial charge in [0.2, 0.25) is 0 Å². The first-order valence-electron chi connectivity index (χ1n) is 5.10. The molecule has 0 amide bonds. The molecule has 4 nitrogen and oxygen atoms in total. The molecule has 1 aromatic carbocycles. The lowest BCUT2D eigenvalue weighted by atomic mass is 10.2. The van der Waals surface area contributed by atoms with Gasteiger partial charge in [-0.25, -0.2) is 4.39 Å². The van der Waals surface area contributed by atoms with E-state index in [1.54, 1.807) is 18.3 Å². The fourth-order valence-corrected chi connectivity index (χ4v) is 2.00. The summed E-state index contributed by atoms with van der Waals surface area (Å²) < 4.78 is 15.1. The van der Waals surface area contributed by atoms with E-state index in [4.69, 9.17) is 17.1 Å². The summed E-state index contributed by atoms with van der Waals surface area (Å²) in [5.41, 5.74) is 9.17. The lowest BCUT2D eigenvalue weighted by molar-refractivity contribution is 0.601. The average molecular weight is 253 g/mol. The van der Waals surface area contributed by atoms with E-state index in [1.807, 2.05) is 11.5 Å². The second-order valence-electron chi connectivity index (χ2n) is 3.82. The summed E-state index contributed by atoms with van der Waals surface area (Å²) in [7, 11) is 0. The Bertz CT molecular complexity index is 601. The van der Waals surface area contributed by atoms with Gasteiger partial charge in [0.05, 0.1) is 11.1 Å². The number of hydrogen-bond donors (Lipinski definition) is 0. The molecule has 0 spiro atoms. The van der Waals surface area contributed by atoms with E-state index in [0.717, 1.165) is 5.52 Å². The minimum absolute atomic E-state index is 0.123. The van der Waals surface area contributed by atoms with Gasteiger partial charge in [-0.05, 0) is 23.7 Å². The summed E-state index contributed by atoms with van der Waals surface area (Å²) in [5.74, 6) is -0.431. The van der Waals surface area contributed by atoms with Gasteiger partial charge in [-0.2, -0.15) is 0 Å². The van der Waals surface area contributed by atoms with E-state index in [-0.39, 0.29) is 11.1 Å². The van der Waals surface area contributed by atoms with Crippen LogP contribution in [-0.2, 0) is 6.54 Å². The van der Waals surface area contributed by atoms with Crippen molar-refractivity contribution in [3.63, 3.8) is 0 Å². The molecule has 1 heterocycles. The van der Waals surface area contributed by atoms with Crippen LogP contribution in [0.3, 0.4) is 0 Å². The van der Waals surface area contributed by atoms with Gasteiger partial charge in [0.25, 0.3) is 0 Å². The molecule has 0 saturated carbocycles. The molecule has 1 atom stereocenters. The highest BCUT2D eigenvalue weighted by molar-refractivity contribution is 6.35. The lowest BCUT2D eigenvalue weighted by Crippen LogP contribution is -2.08. The fraction of sp³-hybridized carbons (Fsp3) is 0.273. The zero-order valence-corrected chi connectivity index (χ0v) is 9.89. The largest absolute Gasteiger partial charge is 0.347 e. The smallest absolute Gasteiger partial charge is 0.142 e. The molecule has 2 rings (SSSR count). The van der Waals surface area contributed by atoms with Crippen molar-refractivity contribution >= 4 is 22.5 Å². The SMILES string of the molecule is CC(Cn1ccc2c(Cl)c(F)ccc21)N=[N+]=[N-]. The minimum atomic E-state index is -0.431. The molecule has 0 N–H and O–H groups in total. The van der Waals surface area contributed by atoms with E-state index < -0.39 is 5.82 Å². The number of nitrogens with zero attached hydrogens (tertiary/aromatic N) is 4. The monoisotopic (exact) mass is 252 g/mol. The molecule has 0 bridgehead atoms. The third-order valence-corrected chi connectivity index (χ3v) is 2.93. The molecule has 1 aromatic heterocycles. The van der Waals surface area contributed by atoms with Crippen LogP contribution in [0.4, 0.5) is 4.39 Å². The number of fused-ring (bicyclic) bond motifs is 1. The van der Waals surface area contributed by atoms with Crippen LogP contribution < -0.4 is 0 Å². The maximum Gasteiger partial charge on any atom is 0.142 e. The normalized spacial score (nSPS) is 12.4. The third kappa shape index (κ3) is 2.20. The first-order chi connectivity index (χ1) is 8.13. The van der Waals surface area contributed by atoms with Gasteiger partial charge in [0, 0.05) is 28.6 Å².